The Balaban J connectivity index is 1.82. The van der Waals surface area contributed by atoms with Crippen LogP contribution < -0.4 is 4.74 Å². The van der Waals surface area contributed by atoms with E-state index in [2.05, 4.69) is 4.98 Å². The van der Waals surface area contributed by atoms with Crippen LogP contribution in [0.15, 0.2) is 42.5 Å². The Labute approximate surface area is 166 Å². The van der Waals surface area contributed by atoms with Crippen molar-refractivity contribution in [3.8, 4) is 5.75 Å². The standard InChI is InChI=1S/C21H18N2O6/c1-12-5-4-6-15-16(9-13(2)22-20(12)15)21(25)29-11-18(24)14-7-8-19(28-3)17(10-14)23(26)27/h4-10H,11H2,1-3H3. The molecule has 0 amide bonds. The predicted molar refractivity (Wildman–Crippen MR) is 105 cm³/mol. The number of hydrogen-bond donors (Lipinski definition) is 0. The van der Waals surface area contributed by atoms with Crippen LogP contribution in [0.4, 0.5) is 5.69 Å². The van der Waals surface area contributed by atoms with E-state index in [1.807, 2.05) is 19.1 Å². The van der Waals surface area contributed by atoms with Crippen LogP contribution in [-0.4, -0.2) is 35.4 Å². The van der Waals surface area contributed by atoms with Gasteiger partial charge in [0, 0.05) is 22.7 Å². The van der Waals surface area contributed by atoms with Crippen LogP contribution >= 0.6 is 0 Å². The number of carbonyl (C=O) groups excluding carboxylic acids is 2. The first-order chi connectivity index (χ1) is 13.8. The molecule has 29 heavy (non-hydrogen) atoms. The number of nitro groups is 1. The maximum absolute atomic E-state index is 12.6. The fraction of sp³-hybridized carbons (Fsp3) is 0.190. The smallest absolute Gasteiger partial charge is 0.339 e. The van der Waals surface area contributed by atoms with Gasteiger partial charge in [0.1, 0.15) is 0 Å². The monoisotopic (exact) mass is 394 g/mol. The van der Waals surface area contributed by atoms with Crippen LogP contribution in [0.5, 0.6) is 5.75 Å². The lowest BCUT2D eigenvalue weighted by molar-refractivity contribution is -0.385. The lowest BCUT2D eigenvalue weighted by atomic mass is 10.0. The molecule has 0 bridgehead atoms. The number of ether oxygens (including phenoxy) is 2. The van der Waals surface area contributed by atoms with Gasteiger partial charge in [0.2, 0.25) is 5.78 Å². The van der Waals surface area contributed by atoms with Crippen molar-refractivity contribution < 1.29 is 24.0 Å². The third-order valence-electron chi connectivity index (χ3n) is 4.42. The molecule has 0 radical (unpaired) electrons. The number of methoxy groups -OCH3 is 1. The van der Waals surface area contributed by atoms with Gasteiger partial charge in [-0.25, -0.2) is 4.79 Å². The molecular weight excluding hydrogens is 376 g/mol. The van der Waals surface area contributed by atoms with Crippen molar-refractivity contribution in [2.45, 2.75) is 13.8 Å². The molecule has 0 N–H and O–H groups in total. The Morgan fingerprint density at radius 2 is 1.90 bits per heavy atom. The molecule has 1 aromatic heterocycles. The first-order valence-electron chi connectivity index (χ1n) is 8.71. The van der Waals surface area contributed by atoms with Gasteiger partial charge in [-0.3, -0.25) is 19.9 Å². The summed E-state index contributed by atoms with van der Waals surface area (Å²) in [4.78, 5) is 39.9. The summed E-state index contributed by atoms with van der Waals surface area (Å²) >= 11 is 0. The van der Waals surface area contributed by atoms with Crippen molar-refractivity contribution in [2.75, 3.05) is 13.7 Å². The van der Waals surface area contributed by atoms with Crippen molar-refractivity contribution in [2.24, 2.45) is 0 Å². The van der Waals surface area contributed by atoms with Crippen molar-refractivity contribution >= 4 is 28.3 Å². The second-order valence-corrected chi connectivity index (χ2v) is 6.43. The van der Waals surface area contributed by atoms with Crippen molar-refractivity contribution in [3.63, 3.8) is 0 Å². The number of para-hydroxylation sites is 1. The van der Waals surface area contributed by atoms with Crippen LogP contribution in [-0.2, 0) is 4.74 Å². The zero-order chi connectivity index (χ0) is 21.1. The van der Waals surface area contributed by atoms with Gasteiger partial charge in [0.15, 0.2) is 12.4 Å². The van der Waals surface area contributed by atoms with Gasteiger partial charge in [0.05, 0.1) is 23.1 Å². The van der Waals surface area contributed by atoms with Gasteiger partial charge in [-0.2, -0.15) is 0 Å². The molecule has 0 saturated carbocycles. The van der Waals surface area contributed by atoms with E-state index in [1.54, 1.807) is 19.1 Å². The topological polar surface area (TPSA) is 109 Å². The minimum absolute atomic E-state index is 0.0395. The van der Waals surface area contributed by atoms with Crippen molar-refractivity contribution in [1.29, 1.82) is 0 Å². The summed E-state index contributed by atoms with van der Waals surface area (Å²) in [5, 5.41) is 11.7. The summed E-state index contributed by atoms with van der Waals surface area (Å²) in [6.45, 7) is 3.12. The SMILES string of the molecule is COc1ccc(C(=O)COC(=O)c2cc(C)nc3c(C)cccc23)cc1[N+](=O)[O-]. The van der Waals surface area contributed by atoms with E-state index in [0.29, 0.717) is 22.2 Å². The summed E-state index contributed by atoms with van der Waals surface area (Å²) in [5.74, 6) is -1.18. The van der Waals surface area contributed by atoms with E-state index in [0.717, 1.165) is 11.6 Å². The van der Waals surface area contributed by atoms with Gasteiger partial charge in [-0.05, 0) is 37.6 Å². The highest BCUT2D eigenvalue weighted by Gasteiger charge is 2.20. The lowest BCUT2D eigenvalue weighted by Crippen LogP contribution is -2.15. The van der Waals surface area contributed by atoms with Gasteiger partial charge in [-0.1, -0.05) is 18.2 Å². The van der Waals surface area contributed by atoms with Crippen LogP contribution in [0.3, 0.4) is 0 Å². The third-order valence-corrected chi connectivity index (χ3v) is 4.42. The summed E-state index contributed by atoms with van der Waals surface area (Å²) in [6.07, 6.45) is 0. The molecule has 0 aliphatic heterocycles. The summed E-state index contributed by atoms with van der Waals surface area (Å²) in [5.41, 5.74) is 2.28. The molecule has 3 aromatic rings. The second-order valence-electron chi connectivity index (χ2n) is 6.43. The highest BCUT2D eigenvalue weighted by atomic mass is 16.6. The first-order valence-corrected chi connectivity index (χ1v) is 8.71. The Morgan fingerprint density at radius 1 is 1.14 bits per heavy atom. The summed E-state index contributed by atoms with van der Waals surface area (Å²) in [6, 6.07) is 10.9. The summed E-state index contributed by atoms with van der Waals surface area (Å²) in [7, 11) is 1.30. The number of nitro benzene ring substituents is 1. The van der Waals surface area contributed by atoms with Crippen LogP contribution in [0.25, 0.3) is 10.9 Å². The number of esters is 1. The molecule has 0 unspecified atom stereocenters. The molecule has 0 atom stereocenters. The number of aryl methyl sites for hydroxylation is 2. The molecule has 148 valence electrons. The Morgan fingerprint density at radius 3 is 2.59 bits per heavy atom. The normalized spacial score (nSPS) is 10.6. The molecule has 0 spiro atoms. The van der Waals surface area contributed by atoms with E-state index < -0.39 is 23.3 Å². The van der Waals surface area contributed by atoms with Crippen molar-refractivity contribution in [1.82, 2.24) is 4.98 Å². The molecular formula is C21H18N2O6. The van der Waals surface area contributed by atoms with E-state index in [4.69, 9.17) is 9.47 Å². The molecule has 0 aliphatic rings. The number of aromatic nitrogens is 1. The Hall–Kier alpha value is -3.81. The molecule has 0 fully saturated rings. The quantitative estimate of drug-likeness (QED) is 0.271. The lowest BCUT2D eigenvalue weighted by Gasteiger charge is -2.10. The minimum atomic E-state index is -0.664. The number of hydrogen-bond acceptors (Lipinski definition) is 7. The molecule has 0 saturated heterocycles. The first kappa shape index (κ1) is 19.9. The molecule has 1 heterocycles. The molecule has 8 heteroatoms. The zero-order valence-corrected chi connectivity index (χ0v) is 16.1. The largest absolute Gasteiger partial charge is 0.490 e. The zero-order valence-electron chi connectivity index (χ0n) is 16.1. The maximum atomic E-state index is 12.6. The second kappa shape index (κ2) is 8.05. The number of benzene rings is 2. The predicted octanol–water partition coefficient (Wildman–Crippen LogP) is 3.81. The highest BCUT2D eigenvalue weighted by Crippen LogP contribution is 2.28. The van der Waals surface area contributed by atoms with E-state index in [1.165, 1.54) is 19.2 Å². The fourth-order valence-electron chi connectivity index (χ4n) is 2.99. The number of carbonyl (C=O) groups is 2. The van der Waals surface area contributed by atoms with Gasteiger partial charge < -0.3 is 9.47 Å². The number of fused-ring (bicyclic) bond motifs is 1. The molecule has 2 aromatic carbocycles. The third kappa shape index (κ3) is 4.06. The van der Waals surface area contributed by atoms with Crippen LogP contribution in [0.1, 0.15) is 32.0 Å². The Kier molecular flexibility index (Phi) is 5.54. The highest BCUT2D eigenvalue weighted by molar-refractivity contribution is 6.05. The van der Waals surface area contributed by atoms with E-state index in [-0.39, 0.29) is 17.0 Å². The molecule has 8 nitrogen and oxygen atoms in total. The van der Waals surface area contributed by atoms with Gasteiger partial charge >= 0.3 is 11.7 Å². The maximum Gasteiger partial charge on any atom is 0.339 e. The number of Topliss-reactive ketones (excluding diaryl/α,β-unsaturated/α-hetero) is 1. The number of rotatable bonds is 6. The minimum Gasteiger partial charge on any atom is -0.490 e. The number of nitrogens with zero attached hydrogens (tertiary/aromatic N) is 2. The van der Waals surface area contributed by atoms with Crippen LogP contribution in [0, 0.1) is 24.0 Å². The average molecular weight is 394 g/mol. The summed E-state index contributed by atoms with van der Waals surface area (Å²) < 4.78 is 10.1. The average Bonchev–Trinajstić information content (AvgIpc) is 2.71. The van der Waals surface area contributed by atoms with Crippen molar-refractivity contribution in [3.05, 3.63) is 75.0 Å². The van der Waals surface area contributed by atoms with Gasteiger partial charge in [-0.15, -0.1) is 0 Å². The van der Waals surface area contributed by atoms with E-state index in [9.17, 15) is 19.7 Å². The molecule has 0 aliphatic carbocycles. The number of ketones is 1. The number of pyridine rings is 1. The van der Waals surface area contributed by atoms with E-state index >= 15 is 0 Å². The molecule has 3 rings (SSSR count). The van der Waals surface area contributed by atoms with Crippen LogP contribution in [0.2, 0.25) is 0 Å². The Bertz CT molecular complexity index is 1140. The van der Waals surface area contributed by atoms with Gasteiger partial charge in [0.25, 0.3) is 0 Å². The fourth-order valence-corrected chi connectivity index (χ4v) is 2.99.